The maximum Gasteiger partial charge on any atom is 0.303 e. The Balaban J connectivity index is 3.62. The highest BCUT2D eigenvalue weighted by molar-refractivity contribution is 5.80. The number of unbranched alkanes of at least 4 members (excludes halogenated alkanes) is 3. The van der Waals surface area contributed by atoms with Crippen LogP contribution in [0.15, 0.2) is 48.6 Å². The zero-order valence-corrected chi connectivity index (χ0v) is 14.2. The molecule has 0 heterocycles. The first-order valence-electron chi connectivity index (χ1n) is 8.53. The summed E-state index contributed by atoms with van der Waals surface area (Å²) >= 11 is 0. The van der Waals surface area contributed by atoms with Gasteiger partial charge in [-0.3, -0.25) is 9.59 Å². The van der Waals surface area contributed by atoms with Crippen LogP contribution < -0.4 is 0 Å². The van der Waals surface area contributed by atoms with Crippen molar-refractivity contribution in [3.8, 4) is 0 Å². The molecular weight excluding hydrogens is 288 g/mol. The van der Waals surface area contributed by atoms with Gasteiger partial charge in [-0.1, -0.05) is 68.4 Å². The second kappa shape index (κ2) is 16.5. The molecule has 0 aromatic rings. The number of Topliss-reactive ketones (excluding diaryl/α,β-unsaturated/α-hetero) is 1. The minimum atomic E-state index is -0.848. The fourth-order valence-electron chi connectivity index (χ4n) is 1.91. The molecule has 23 heavy (non-hydrogen) atoms. The first-order chi connectivity index (χ1) is 11.2. The fraction of sp³-hybridized carbons (Fsp3) is 0.500. The van der Waals surface area contributed by atoms with Gasteiger partial charge >= 0.3 is 5.97 Å². The molecule has 0 aliphatic heterocycles. The van der Waals surface area contributed by atoms with Gasteiger partial charge in [-0.05, 0) is 25.7 Å². The van der Waals surface area contributed by atoms with E-state index in [9.17, 15) is 9.59 Å². The van der Waals surface area contributed by atoms with Gasteiger partial charge < -0.3 is 5.11 Å². The van der Waals surface area contributed by atoms with Gasteiger partial charge in [-0.25, -0.2) is 0 Å². The molecule has 0 radical (unpaired) electrons. The zero-order valence-electron chi connectivity index (χ0n) is 14.2. The quantitative estimate of drug-likeness (QED) is 0.265. The molecule has 0 atom stereocenters. The Bertz CT molecular complexity index is 428. The Labute approximate surface area is 140 Å². The lowest BCUT2D eigenvalue weighted by atomic mass is 10.1. The highest BCUT2D eigenvalue weighted by atomic mass is 16.4. The largest absolute Gasteiger partial charge is 0.481 e. The molecule has 0 aromatic heterocycles. The van der Waals surface area contributed by atoms with Gasteiger partial charge in [-0.2, -0.15) is 0 Å². The standard InChI is InChI=1S/C20H30O3/c1-2-3-4-5-6-7-8-9-10-11-12-13-14-16-19(21)17-15-18-20(22)23/h6-7,9-14H,2-5,8,15-18H2,1H3,(H,22,23). The lowest BCUT2D eigenvalue weighted by Gasteiger charge is -1.94. The maximum atomic E-state index is 11.4. The molecule has 0 rings (SSSR count). The number of carbonyl (C=O) groups excluding carboxylic acids is 1. The number of ketones is 1. The molecular formula is C20H30O3. The second-order valence-electron chi connectivity index (χ2n) is 5.43. The van der Waals surface area contributed by atoms with E-state index >= 15 is 0 Å². The smallest absolute Gasteiger partial charge is 0.303 e. The van der Waals surface area contributed by atoms with Crippen LogP contribution in [0.3, 0.4) is 0 Å². The van der Waals surface area contributed by atoms with Crippen molar-refractivity contribution in [1.29, 1.82) is 0 Å². The van der Waals surface area contributed by atoms with Gasteiger partial charge in [0.15, 0.2) is 0 Å². The molecule has 0 aromatic carbocycles. The number of carbonyl (C=O) groups is 2. The van der Waals surface area contributed by atoms with Crippen molar-refractivity contribution in [2.75, 3.05) is 0 Å². The molecule has 0 fully saturated rings. The predicted octanol–water partition coefficient (Wildman–Crippen LogP) is 5.40. The third kappa shape index (κ3) is 18.1. The maximum absolute atomic E-state index is 11.4. The van der Waals surface area contributed by atoms with E-state index < -0.39 is 5.97 Å². The third-order valence-corrected chi connectivity index (χ3v) is 3.21. The second-order valence-corrected chi connectivity index (χ2v) is 5.43. The SMILES string of the molecule is CCCCCC=CCC=CC=CC=CCC(=O)CCCC(=O)O. The summed E-state index contributed by atoms with van der Waals surface area (Å²) in [5.74, 6) is -0.765. The Morgan fingerprint density at radius 1 is 0.826 bits per heavy atom. The first-order valence-corrected chi connectivity index (χ1v) is 8.53. The summed E-state index contributed by atoms with van der Waals surface area (Å²) in [7, 11) is 0. The molecule has 1 N–H and O–H groups in total. The van der Waals surface area contributed by atoms with Gasteiger partial charge in [-0.15, -0.1) is 0 Å². The van der Waals surface area contributed by atoms with Crippen LogP contribution in [0, 0.1) is 0 Å². The third-order valence-electron chi connectivity index (χ3n) is 3.21. The lowest BCUT2D eigenvalue weighted by molar-refractivity contribution is -0.137. The van der Waals surface area contributed by atoms with E-state index in [1.54, 1.807) is 6.08 Å². The average Bonchev–Trinajstić information content (AvgIpc) is 2.51. The van der Waals surface area contributed by atoms with Crippen LogP contribution in [0.5, 0.6) is 0 Å². The van der Waals surface area contributed by atoms with Crippen molar-refractivity contribution >= 4 is 11.8 Å². The van der Waals surface area contributed by atoms with E-state index in [0.717, 1.165) is 6.42 Å². The van der Waals surface area contributed by atoms with Crippen LogP contribution in [-0.2, 0) is 9.59 Å². The van der Waals surface area contributed by atoms with Crippen molar-refractivity contribution in [3.05, 3.63) is 48.6 Å². The van der Waals surface area contributed by atoms with E-state index in [4.69, 9.17) is 5.11 Å². The van der Waals surface area contributed by atoms with E-state index in [2.05, 4.69) is 25.2 Å². The number of aliphatic carboxylic acids is 1. The first kappa shape index (κ1) is 21.1. The molecule has 0 bridgehead atoms. The van der Waals surface area contributed by atoms with Crippen molar-refractivity contribution in [2.24, 2.45) is 0 Å². The summed E-state index contributed by atoms with van der Waals surface area (Å²) in [4.78, 5) is 21.8. The van der Waals surface area contributed by atoms with Crippen LogP contribution in [0.1, 0.15) is 64.7 Å². The number of hydrogen-bond acceptors (Lipinski definition) is 2. The highest BCUT2D eigenvalue weighted by Gasteiger charge is 2.01. The van der Waals surface area contributed by atoms with Crippen molar-refractivity contribution < 1.29 is 14.7 Å². The molecule has 0 saturated heterocycles. The Morgan fingerprint density at radius 3 is 2.26 bits per heavy atom. The summed E-state index contributed by atoms with van der Waals surface area (Å²) in [5, 5.41) is 8.48. The number of carboxylic acids is 1. The van der Waals surface area contributed by atoms with Crippen LogP contribution in [-0.4, -0.2) is 16.9 Å². The highest BCUT2D eigenvalue weighted by Crippen LogP contribution is 2.01. The summed E-state index contributed by atoms with van der Waals surface area (Å²) in [6, 6.07) is 0. The molecule has 3 nitrogen and oxygen atoms in total. The van der Waals surface area contributed by atoms with E-state index in [1.807, 2.05) is 24.3 Å². The van der Waals surface area contributed by atoms with E-state index in [0.29, 0.717) is 19.3 Å². The normalized spacial score (nSPS) is 12.2. The van der Waals surface area contributed by atoms with Crippen LogP contribution >= 0.6 is 0 Å². The Kier molecular flexibility index (Phi) is 15.1. The van der Waals surface area contributed by atoms with Crippen LogP contribution in [0.25, 0.3) is 0 Å². The molecule has 0 aliphatic rings. The van der Waals surface area contributed by atoms with Gasteiger partial charge in [0.05, 0.1) is 0 Å². The van der Waals surface area contributed by atoms with Gasteiger partial charge in [0.1, 0.15) is 5.78 Å². The topological polar surface area (TPSA) is 54.4 Å². The van der Waals surface area contributed by atoms with Crippen LogP contribution in [0.2, 0.25) is 0 Å². The molecule has 0 saturated carbocycles. The minimum Gasteiger partial charge on any atom is -0.481 e. The zero-order chi connectivity index (χ0) is 17.2. The average molecular weight is 318 g/mol. The van der Waals surface area contributed by atoms with Crippen molar-refractivity contribution in [1.82, 2.24) is 0 Å². The summed E-state index contributed by atoms with van der Waals surface area (Å²) < 4.78 is 0. The summed E-state index contributed by atoms with van der Waals surface area (Å²) in [5.41, 5.74) is 0. The molecule has 0 amide bonds. The number of rotatable bonds is 14. The number of hydrogen-bond donors (Lipinski definition) is 1. The number of allylic oxidation sites excluding steroid dienone is 8. The van der Waals surface area contributed by atoms with Gasteiger partial charge in [0.25, 0.3) is 0 Å². The molecule has 3 heteroatoms. The van der Waals surface area contributed by atoms with E-state index in [1.165, 1.54) is 25.7 Å². The van der Waals surface area contributed by atoms with Gasteiger partial charge in [0, 0.05) is 19.3 Å². The lowest BCUT2D eigenvalue weighted by Crippen LogP contribution is -1.99. The summed E-state index contributed by atoms with van der Waals surface area (Å²) in [6.07, 6.45) is 23.2. The fourth-order valence-corrected chi connectivity index (χ4v) is 1.91. The van der Waals surface area contributed by atoms with Gasteiger partial charge in [0.2, 0.25) is 0 Å². The number of carboxylic acid groups (broad SMARTS) is 1. The predicted molar refractivity (Wildman–Crippen MR) is 96.4 cm³/mol. The molecule has 0 spiro atoms. The summed E-state index contributed by atoms with van der Waals surface area (Å²) in [6.45, 7) is 2.21. The monoisotopic (exact) mass is 318 g/mol. The van der Waals surface area contributed by atoms with Crippen molar-refractivity contribution in [3.63, 3.8) is 0 Å². The Morgan fingerprint density at radius 2 is 1.57 bits per heavy atom. The minimum absolute atomic E-state index is 0.0627. The van der Waals surface area contributed by atoms with E-state index in [-0.39, 0.29) is 12.2 Å². The Hall–Kier alpha value is -1.90. The molecule has 0 aliphatic carbocycles. The molecule has 128 valence electrons. The van der Waals surface area contributed by atoms with Crippen molar-refractivity contribution in [2.45, 2.75) is 64.7 Å². The molecule has 0 unspecified atom stereocenters. The van der Waals surface area contributed by atoms with Crippen LogP contribution in [0.4, 0.5) is 0 Å².